The van der Waals surface area contributed by atoms with Crippen LogP contribution in [0.15, 0.2) is 29.2 Å². The molecule has 7 heteroatoms. The first-order chi connectivity index (χ1) is 9.30. The minimum absolute atomic E-state index is 0.0204. The van der Waals surface area contributed by atoms with Gasteiger partial charge in [-0.15, -0.1) is 0 Å². The number of rotatable bonds is 3. The molecule has 1 aromatic carbocycles. The molecule has 0 atom stereocenters. The van der Waals surface area contributed by atoms with E-state index in [1.54, 1.807) is 0 Å². The molecule has 1 saturated heterocycles. The van der Waals surface area contributed by atoms with Gasteiger partial charge < -0.3 is 10.1 Å². The number of nitrogens with one attached hydrogen (secondary N) is 1. The van der Waals surface area contributed by atoms with Gasteiger partial charge in [0.2, 0.25) is 0 Å². The lowest BCUT2D eigenvalue weighted by Crippen LogP contribution is -2.49. The summed E-state index contributed by atoms with van der Waals surface area (Å²) in [6.07, 6.45) is 1.51. The van der Waals surface area contributed by atoms with Crippen molar-refractivity contribution < 1.29 is 17.9 Å². The van der Waals surface area contributed by atoms with Crippen LogP contribution in [-0.4, -0.2) is 33.1 Å². The van der Waals surface area contributed by atoms with Gasteiger partial charge in [0, 0.05) is 35.0 Å². The van der Waals surface area contributed by atoms with Gasteiger partial charge in [0.1, 0.15) is 0 Å². The van der Waals surface area contributed by atoms with Crippen molar-refractivity contribution in [1.29, 1.82) is 0 Å². The van der Waals surface area contributed by atoms with E-state index < -0.39 is 9.05 Å². The Balaban J connectivity index is 2.09. The summed E-state index contributed by atoms with van der Waals surface area (Å²) in [5.74, 6) is -0.229. The Hall–Kier alpha value is -1.11. The Labute approximate surface area is 122 Å². The Morgan fingerprint density at radius 3 is 2.30 bits per heavy atom. The van der Waals surface area contributed by atoms with Crippen molar-refractivity contribution >= 4 is 25.6 Å². The lowest BCUT2D eigenvalue weighted by Gasteiger charge is -2.34. The zero-order valence-corrected chi connectivity index (χ0v) is 12.6. The molecule has 0 radical (unpaired) electrons. The van der Waals surface area contributed by atoms with Crippen LogP contribution in [0.5, 0.6) is 0 Å². The fourth-order valence-corrected chi connectivity index (χ4v) is 2.83. The maximum atomic E-state index is 12.1. The minimum atomic E-state index is -3.76. The highest BCUT2D eigenvalue weighted by molar-refractivity contribution is 8.13. The first kappa shape index (κ1) is 15.3. The third kappa shape index (κ3) is 3.71. The molecule has 0 spiro atoms. The zero-order valence-electron chi connectivity index (χ0n) is 11.1. The van der Waals surface area contributed by atoms with E-state index in [2.05, 4.69) is 5.32 Å². The number of carbonyl (C=O) groups is 1. The van der Waals surface area contributed by atoms with Crippen molar-refractivity contribution in [3.8, 4) is 0 Å². The molecule has 5 nitrogen and oxygen atoms in total. The van der Waals surface area contributed by atoms with Crippen molar-refractivity contribution in [1.82, 2.24) is 5.32 Å². The number of amides is 1. The lowest BCUT2D eigenvalue weighted by molar-refractivity contribution is 0.0423. The normalized spacial score (nSPS) is 18.5. The standard InChI is InChI=1S/C13H16ClNO4S/c1-13(6-8-19-9-7-13)15-12(16)10-2-4-11(5-3-10)20(14,17)18/h2-5H,6-9H2,1H3,(H,15,16). The largest absolute Gasteiger partial charge is 0.381 e. The van der Waals surface area contributed by atoms with Crippen LogP contribution in [0.3, 0.4) is 0 Å². The first-order valence-corrected chi connectivity index (χ1v) is 8.56. The third-order valence-electron chi connectivity index (χ3n) is 3.41. The number of benzene rings is 1. The molecule has 1 aliphatic rings. The molecule has 0 bridgehead atoms. The number of hydrogen-bond donors (Lipinski definition) is 1. The summed E-state index contributed by atoms with van der Waals surface area (Å²) in [6.45, 7) is 3.23. The van der Waals surface area contributed by atoms with Crippen LogP contribution in [-0.2, 0) is 13.8 Å². The fraction of sp³-hybridized carbons (Fsp3) is 0.462. The van der Waals surface area contributed by atoms with E-state index in [4.69, 9.17) is 15.4 Å². The number of halogens is 1. The van der Waals surface area contributed by atoms with E-state index in [1.807, 2.05) is 6.92 Å². The van der Waals surface area contributed by atoms with Gasteiger partial charge >= 0.3 is 0 Å². The predicted octanol–water partition coefficient (Wildman–Crippen LogP) is 1.91. The quantitative estimate of drug-likeness (QED) is 0.864. The van der Waals surface area contributed by atoms with Crippen LogP contribution in [0.25, 0.3) is 0 Å². The topological polar surface area (TPSA) is 72.5 Å². The Morgan fingerprint density at radius 1 is 1.25 bits per heavy atom. The summed E-state index contributed by atoms with van der Waals surface area (Å²) in [5, 5.41) is 2.97. The van der Waals surface area contributed by atoms with Gasteiger partial charge in [0.15, 0.2) is 0 Å². The number of hydrogen-bond acceptors (Lipinski definition) is 4. The number of carbonyl (C=O) groups excluding carboxylic acids is 1. The molecule has 1 N–H and O–H groups in total. The summed E-state index contributed by atoms with van der Waals surface area (Å²) < 4.78 is 27.5. The van der Waals surface area contributed by atoms with Gasteiger partial charge in [-0.1, -0.05) is 0 Å². The highest BCUT2D eigenvalue weighted by atomic mass is 35.7. The lowest BCUT2D eigenvalue weighted by atomic mass is 9.92. The molecule has 2 rings (SSSR count). The molecule has 110 valence electrons. The Morgan fingerprint density at radius 2 is 1.80 bits per heavy atom. The molecule has 1 amide bonds. The average Bonchev–Trinajstić information content (AvgIpc) is 2.38. The Kier molecular flexibility index (Phi) is 4.36. The van der Waals surface area contributed by atoms with Gasteiger partial charge in [-0.3, -0.25) is 4.79 Å². The van der Waals surface area contributed by atoms with Crippen LogP contribution in [0.2, 0.25) is 0 Å². The van der Waals surface area contributed by atoms with Crippen LogP contribution < -0.4 is 5.32 Å². The van der Waals surface area contributed by atoms with Gasteiger partial charge in [-0.25, -0.2) is 8.42 Å². The summed E-state index contributed by atoms with van der Waals surface area (Å²) >= 11 is 0. The minimum Gasteiger partial charge on any atom is -0.381 e. The monoisotopic (exact) mass is 317 g/mol. The van der Waals surface area contributed by atoms with Gasteiger partial charge in [0.25, 0.3) is 15.0 Å². The second kappa shape index (κ2) is 5.71. The van der Waals surface area contributed by atoms with Crippen LogP contribution in [0.4, 0.5) is 0 Å². The average molecular weight is 318 g/mol. The van der Waals surface area contributed by atoms with E-state index >= 15 is 0 Å². The molecule has 1 aromatic rings. The highest BCUT2D eigenvalue weighted by Gasteiger charge is 2.29. The molecule has 0 unspecified atom stereocenters. The number of ether oxygens (including phenoxy) is 1. The second-order valence-electron chi connectivity index (χ2n) is 5.09. The van der Waals surface area contributed by atoms with E-state index in [0.29, 0.717) is 18.8 Å². The molecule has 1 heterocycles. The summed E-state index contributed by atoms with van der Waals surface area (Å²) in [4.78, 5) is 12.1. The SMILES string of the molecule is CC1(NC(=O)c2ccc(S(=O)(=O)Cl)cc2)CCOCC1. The molecular formula is C13H16ClNO4S. The van der Waals surface area contributed by atoms with Crippen LogP contribution >= 0.6 is 10.7 Å². The van der Waals surface area contributed by atoms with E-state index in [-0.39, 0.29) is 16.3 Å². The Bertz CT molecular complexity index is 591. The van der Waals surface area contributed by atoms with E-state index in [1.165, 1.54) is 24.3 Å². The molecule has 0 saturated carbocycles. The third-order valence-corrected chi connectivity index (χ3v) is 4.78. The second-order valence-corrected chi connectivity index (χ2v) is 7.66. The molecule has 0 aromatic heterocycles. The molecular weight excluding hydrogens is 302 g/mol. The van der Waals surface area contributed by atoms with Crippen molar-refractivity contribution in [2.45, 2.75) is 30.2 Å². The van der Waals surface area contributed by atoms with Crippen molar-refractivity contribution in [3.63, 3.8) is 0 Å². The molecule has 0 aliphatic carbocycles. The van der Waals surface area contributed by atoms with Gasteiger partial charge in [0.05, 0.1) is 4.90 Å². The van der Waals surface area contributed by atoms with Gasteiger partial charge in [-0.05, 0) is 44.0 Å². The van der Waals surface area contributed by atoms with Crippen molar-refractivity contribution in [2.75, 3.05) is 13.2 Å². The van der Waals surface area contributed by atoms with Gasteiger partial charge in [-0.2, -0.15) is 0 Å². The highest BCUT2D eigenvalue weighted by Crippen LogP contribution is 2.21. The smallest absolute Gasteiger partial charge is 0.261 e. The first-order valence-electron chi connectivity index (χ1n) is 6.25. The maximum Gasteiger partial charge on any atom is 0.261 e. The predicted molar refractivity (Wildman–Crippen MR) is 75.4 cm³/mol. The summed E-state index contributed by atoms with van der Waals surface area (Å²) in [5.41, 5.74) is 0.119. The van der Waals surface area contributed by atoms with E-state index in [0.717, 1.165) is 12.8 Å². The van der Waals surface area contributed by atoms with Crippen molar-refractivity contribution in [2.24, 2.45) is 0 Å². The van der Waals surface area contributed by atoms with Crippen molar-refractivity contribution in [3.05, 3.63) is 29.8 Å². The summed E-state index contributed by atoms with van der Waals surface area (Å²) in [7, 11) is 1.47. The molecule has 20 heavy (non-hydrogen) atoms. The fourth-order valence-electron chi connectivity index (χ4n) is 2.06. The maximum absolute atomic E-state index is 12.1. The van der Waals surface area contributed by atoms with E-state index in [9.17, 15) is 13.2 Å². The van der Waals surface area contributed by atoms with Crippen LogP contribution in [0.1, 0.15) is 30.1 Å². The molecule has 1 aliphatic heterocycles. The van der Waals surface area contributed by atoms with Crippen LogP contribution in [0, 0.1) is 0 Å². The molecule has 1 fully saturated rings. The zero-order chi connectivity index (χ0) is 14.8. The summed E-state index contributed by atoms with van der Waals surface area (Å²) in [6, 6.07) is 5.55.